The van der Waals surface area contributed by atoms with E-state index in [1.165, 1.54) is 11.3 Å². The molecule has 92 valence electrons. The highest BCUT2D eigenvalue weighted by molar-refractivity contribution is 7.13. The Bertz CT molecular complexity index is 411. The molecule has 0 radical (unpaired) electrons. The third-order valence-electron chi connectivity index (χ3n) is 2.06. The second-order valence-electron chi connectivity index (χ2n) is 3.43. The molecule has 0 spiro atoms. The lowest BCUT2D eigenvalue weighted by molar-refractivity contribution is -0.142. The molecule has 5 nitrogen and oxygen atoms in total. The Labute approximate surface area is 105 Å². The standard InChI is InChI=1S/C11H15N3O2S/c1-3-16-10(15)7-9-8-17-11(13-9)14(2)6-4-5-12/h8H,3-4,6-7H2,1-2H3. The van der Waals surface area contributed by atoms with Crippen LogP contribution >= 0.6 is 11.3 Å². The number of hydrogen-bond acceptors (Lipinski definition) is 6. The van der Waals surface area contributed by atoms with Crippen molar-refractivity contribution in [3.8, 4) is 6.07 Å². The van der Waals surface area contributed by atoms with Crippen molar-refractivity contribution in [2.24, 2.45) is 0 Å². The first-order valence-corrected chi connectivity index (χ1v) is 6.23. The van der Waals surface area contributed by atoms with Gasteiger partial charge in [-0.25, -0.2) is 4.98 Å². The molecule has 1 heterocycles. The van der Waals surface area contributed by atoms with Gasteiger partial charge in [-0.2, -0.15) is 5.26 Å². The van der Waals surface area contributed by atoms with Crippen LogP contribution in [0.25, 0.3) is 0 Å². The molecule has 1 aromatic rings. The molecule has 0 saturated carbocycles. The zero-order valence-corrected chi connectivity index (χ0v) is 10.8. The Morgan fingerprint density at radius 2 is 2.47 bits per heavy atom. The summed E-state index contributed by atoms with van der Waals surface area (Å²) in [7, 11) is 1.88. The second kappa shape index (κ2) is 6.86. The van der Waals surface area contributed by atoms with Crippen LogP contribution < -0.4 is 4.90 Å². The first kappa shape index (κ1) is 13.5. The molecule has 0 aromatic carbocycles. The molecule has 0 unspecified atom stereocenters. The van der Waals surface area contributed by atoms with Gasteiger partial charge in [-0.15, -0.1) is 11.3 Å². The number of carbonyl (C=O) groups is 1. The summed E-state index contributed by atoms with van der Waals surface area (Å²) in [5, 5.41) is 11.2. The van der Waals surface area contributed by atoms with Crippen molar-refractivity contribution in [1.82, 2.24) is 4.98 Å². The average molecular weight is 253 g/mol. The summed E-state index contributed by atoms with van der Waals surface area (Å²) in [6.45, 7) is 2.81. The summed E-state index contributed by atoms with van der Waals surface area (Å²) >= 11 is 1.47. The predicted molar refractivity (Wildman–Crippen MR) is 66.0 cm³/mol. The van der Waals surface area contributed by atoms with Gasteiger partial charge in [0, 0.05) is 19.0 Å². The van der Waals surface area contributed by atoms with Gasteiger partial charge in [0.05, 0.1) is 31.2 Å². The lowest BCUT2D eigenvalue weighted by Crippen LogP contribution is -2.18. The number of nitrogens with zero attached hydrogens (tertiary/aromatic N) is 3. The number of carbonyl (C=O) groups excluding carboxylic acids is 1. The molecule has 0 aliphatic rings. The fourth-order valence-corrected chi connectivity index (χ4v) is 2.04. The molecule has 0 aliphatic carbocycles. The second-order valence-corrected chi connectivity index (χ2v) is 4.27. The Morgan fingerprint density at radius 3 is 3.12 bits per heavy atom. The van der Waals surface area contributed by atoms with Crippen LogP contribution in [-0.2, 0) is 16.0 Å². The Kier molecular flexibility index (Phi) is 5.43. The van der Waals surface area contributed by atoms with E-state index in [4.69, 9.17) is 10.00 Å². The van der Waals surface area contributed by atoms with Gasteiger partial charge >= 0.3 is 5.97 Å². The number of hydrogen-bond donors (Lipinski definition) is 0. The summed E-state index contributed by atoms with van der Waals surface area (Å²) < 4.78 is 4.85. The molecular weight excluding hydrogens is 238 g/mol. The van der Waals surface area contributed by atoms with Crippen molar-refractivity contribution in [1.29, 1.82) is 5.26 Å². The number of ether oxygens (including phenoxy) is 1. The lowest BCUT2D eigenvalue weighted by Gasteiger charge is -2.12. The average Bonchev–Trinajstić information content (AvgIpc) is 2.74. The van der Waals surface area contributed by atoms with Gasteiger partial charge in [-0.05, 0) is 6.92 Å². The summed E-state index contributed by atoms with van der Waals surface area (Å²) in [6, 6.07) is 2.09. The minimum atomic E-state index is -0.260. The zero-order chi connectivity index (χ0) is 12.7. The number of anilines is 1. The van der Waals surface area contributed by atoms with Crippen molar-refractivity contribution in [3.05, 3.63) is 11.1 Å². The van der Waals surface area contributed by atoms with Crippen molar-refractivity contribution in [2.45, 2.75) is 19.8 Å². The number of thiazole rings is 1. The zero-order valence-electron chi connectivity index (χ0n) is 9.97. The number of esters is 1. The smallest absolute Gasteiger partial charge is 0.311 e. The largest absolute Gasteiger partial charge is 0.466 e. The van der Waals surface area contributed by atoms with E-state index in [2.05, 4.69) is 11.1 Å². The molecule has 1 rings (SSSR count). The molecule has 1 aromatic heterocycles. The number of rotatable bonds is 6. The van der Waals surface area contributed by atoms with Crippen LogP contribution in [0, 0.1) is 11.3 Å². The highest BCUT2D eigenvalue weighted by Gasteiger charge is 2.10. The third-order valence-corrected chi connectivity index (χ3v) is 3.06. The van der Waals surface area contributed by atoms with Gasteiger partial charge in [0.25, 0.3) is 0 Å². The van der Waals surface area contributed by atoms with Crippen LogP contribution in [0.15, 0.2) is 5.38 Å². The topological polar surface area (TPSA) is 66.2 Å². The van der Waals surface area contributed by atoms with Gasteiger partial charge < -0.3 is 9.64 Å². The molecule has 0 N–H and O–H groups in total. The van der Waals surface area contributed by atoms with Crippen molar-refractivity contribution >= 4 is 22.4 Å². The monoisotopic (exact) mass is 253 g/mol. The summed E-state index contributed by atoms with van der Waals surface area (Å²) in [5.41, 5.74) is 0.715. The van der Waals surface area contributed by atoms with E-state index < -0.39 is 0 Å². The van der Waals surface area contributed by atoms with E-state index in [0.29, 0.717) is 25.3 Å². The highest BCUT2D eigenvalue weighted by atomic mass is 32.1. The summed E-state index contributed by atoms with van der Waals surface area (Å²) in [4.78, 5) is 17.5. The normalized spacial score (nSPS) is 9.71. The van der Waals surface area contributed by atoms with Gasteiger partial charge in [-0.3, -0.25) is 4.79 Å². The maximum atomic E-state index is 11.2. The van der Waals surface area contributed by atoms with Gasteiger partial charge in [0.1, 0.15) is 0 Å². The predicted octanol–water partition coefficient (Wildman–Crippen LogP) is 1.60. The molecule has 17 heavy (non-hydrogen) atoms. The van der Waals surface area contributed by atoms with Crippen LogP contribution in [0.2, 0.25) is 0 Å². The Hall–Kier alpha value is -1.61. The van der Waals surface area contributed by atoms with E-state index in [0.717, 1.165) is 5.13 Å². The van der Waals surface area contributed by atoms with E-state index in [9.17, 15) is 4.79 Å². The fraction of sp³-hybridized carbons (Fsp3) is 0.545. The Morgan fingerprint density at radius 1 is 1.71 bits per heavy atom. The van der Waals surface area contributed by atoms with Crippen LogP contribution in [0.5, 0.6) is 0 Å². The first-order valence-electron chi connectivity index (χ1n) is 5.35. The maximum Gasteiger partial charge on any atom is 0.311 e. The van der Waals surface area contributed by atoms with E-state index >= 15 is 0 Å². The van der Waals surface area contributed by atoms with E-state index in [-0.39, 0.29) is 12.4 Å². The molecule has 0 atom stereocenters. The van der Waals surface area contributed by atoms with Crippen molar-refractivity contribution < 1.29 is 9.53 Å². The van der Waals surface area contributed by atoms with Crippen LogP contribution in [0.3, 0.4) is 0 Å². The minimum absolute atomic E-state index is 0.205. The lowest BCUT2D eigenvalue weighted by atomic mass is 10.3. The van der Waals surface area contributed by atoms with Gasteiger partial charge in [0.2, 0.25) is 0 Å². The van der Waals surface area contributed by atoms with Crippen molar-refractivity contribution in [3.63, 3.8) is 0 Å². The van der Waals surface area contributed by atoms with Gasteiger partial charge in [-0.1, -0.05) is 0 Å². The Balaban J connectivity index is 2.53. The molecule has 0 amide bonds. The SMILES string of the molecule is CCOC(=O)Cc1csc(N(C)CCC#N)n1. The van der Waals surface area contributed by atoms with Crippen molar-refractivity contribution in [2.75, 3.05) is 25.1 Å². The summed E-state index contributed by atoms with van der Waals surface area (Å²) in [6.07, 6.45) is 0.666. The van der Waals surface area contributed by atoms with Crippen LogP contribution in [0.1, 0.15) is 19.0 Å². The summed E-state index contributed by atoms with van der Waals surface area (Å²) in [5.74, 6) is -0.260. The quantitative estimate of drug-likeness (QED) is 0.720. The molecular formula is C11H15N3O2S. The number of nitriles is 1. The van der Waals surface area contributed by atoms with Crippen LogP contribution in [0.4, 0.5) is 5.13 Å². The maximum absolute atomic E-state index is 11.2. The first-order chi connectivity index (χ1) is 8.17. The minimum Gasteiger partial charge on any atom is -0.466 e. The molecule has 0 bridgehead atoms. The molecule has 6 heteroatoms. The van der Waals surface area contributed by atoms with Crippen LogP contribution in [-0.4, -0.2) is 31.2 Å². The van der Waals surface area contributed by atoms with Gasteiger partial charge in [0.15, 0.2) is 5.13 Å². The molecule has 0 aliphatic heterocycles. The third kappa shape index (κ3) is 4.41. The highest BCUT2D eigenvalue weighted by Crippen LogP contribution is 2.19. The molecule has 0 fully saturated rings. The van der Waals surface area contributed by atoms with E-state index in [1.807, 2.05) is 17.3 Å². The fourth-order valence-electron chi connectivity index (χ4n) is 1.23. The number of aromatic nitrogens is 1. The molecule has 0 saturated heterocycles. The van der Waals surface area contributed by atoms with E-state index in [1.54, 1.807) is 6.92 Å².